The van der Waals surface area contributed by atoms with Crippen LogP contribution in [0.3, 0.4) is 0 Å². The van der Waals surface area contributed by atoms with Gasteiger partial charge in [0.1, 0.15) is 0 Å². The second kappa shape index (κ2) is 5.89. The van der Waals surface area contributed by atoms with E-state index in [0.29, 0.717) is 5.92 Å². The van der Waals surface area contributed by atoms with Crippen molar-refractivity contribution in [3.8, 4) is 0 Å². The smallest absolute Gasteiger partial charge is 0.223 e. The summed E-state index contributed by atoms with van der Waals surface area (Å²) in [5.41, 5.74) is 0. The lowest BCUT2D eigenvalue weighted by Gasteiger charge is -2.23. The Balaban J connectivity index is 4.43. The zero-order chi connectivity index (χ0) is 12.2. The minimum absolute atomic E-state index is 0.0225. The highest BCUT2D eigenvalue weighted by Gasteiger charge is 2.24. The number of nitrogens with one attached hydrogen (secondary N) is 1. The van der Waals surface area contributed by atoms with Crippen molar-refractivity contribution in [2.45, 2.75) is 47.6 Å². The lowest BCUT2D eigenvalue weighted by atomic mass is 9.95. The van der Waals surface area contributed by atoms with Gasteiger partial charge in [0, 0.05) is 5.92 Å². The molecule has 0 rings (SSSR count). The van der Waals surface area contributed by atoms with Gasteiger partial charge in [0.25, 0.3) is 0 Å². The number of rotatable bonds is 5. The lowest BCUT2D eigenvalue weighted by molar-refractivity contribution is -0.130. The number of hydrogen-bond acceptors (Lipinski definition) is 2. The van der Waals surface area contributed by atoms with Crippen LogP contribution in [-0.2, 0) is 9.59 Å². The molecular weight excluding hydrogens is 190 g/mol. The van der Waals surface area contributed by atoms with E-state index in [1.165, 1.54) is 6.92 Å². The highest BCUT2D eigenvalue weighted by molar-refractivity contribution is 5.88. The van der Waals surface area contributed by atoms with E-state index < -0.39 is 0 Å². The molecule has 3 nitrogen and oxygen atoms in total. The number of Topliss-reactive ketones (excluding diaryl/α,β-unsaturated/α-hetero) is 1. The van der Waals surface area contributed by atoms with Crippen molar-refractivity contribution in [1.82, 2.24) is 5.32 Å². The maximum absolute atomic E-state index is 11.7. The van der Waals surface area contributed by atoms with E-state index in [2.05, 4.69) is 5.32 Å². The molecule has 1 N–H and O–H groups in total. The quantitative estimate of drug-likeness (QED) is 0.759. The van der Waals surface area contributed by atoms with Crippen molar-refractivity contribution in [1.29, 1.82) is 0 Å². The molecule has 0 aromatic carbocycles. The molecule has 0 aliphatic carbocycles. The minimum Gasteiger partial charge on any atom is -0.346 e. The maximum Gasteiger partial charge on any atom is 0.223 e. The Morgan fingerprint density at radius 3 is 1.67 bits per heavy atom. The summed E-state index contributed by atoms with van der Waals surface area (Å²) < 4.78 is 0. The van der Waals surface area contributed by atoms with Gasteiger partial charge < -0.3 is 5.32 Å². The molecule has 0 fully saturated rings. The van der Waals surface area contributed by atoms with Crippen LogP contribution in [0.25, 0.3) is 0 Å². The first-order valence-corrected chi connectivity index (χ1v) is 5.58. The number of carbonyl (C=O) groups is 2. The average molecular weight is 213 g/mol. The summed E-state index contributed by atoms with van der Waals surface area (Å²) >= 11 is 0. The summed E-state index contributed by atoms with van der Waals surface area (Å²) in [6.07, 6.45) is 0. The fourth-order valence-electron chi connectivity index (χ4n) is 1.33. The molecular formula is C12H23NO2. The van der Waals surface area contributed by atoms with Crippen molar-refractivity contribution in [2.75, 3.05) is 0 Å². The molecule has 2 unspecified atom stereocenters. The first-order valence-electron chi connectivity index (χ1n) is 5.58. The zero-order valence-corrected chi connectivity index (χ0v) is 10.6. The van der Waals surface area contributed by atoms with Gasteiger partial charge in [-0.05, 0) is 18.8 Å². The van der Waals surface area contributed by atoms with Crippen LogP contribution in [0.4, 0.5) is 0 Å². The molecule has 0 aromatic heterocycles. The second-order valence-corrected chi connectivity index (χ2v) is 4.87. The van der Waals surface area contributed by atoms with E-state index in [1.54, 1.807) is 0 Å². The maximum atomic E-state index is 11.7. The molecule has 0 spiro atoms. The summed E-state index contributed by atoms with van der Waals surface area (Å²) in [5.74, 6) is 0.384. The van der Waals surface area contributed by atoms with Crippen LogP contribution in [0.1, 0.15) is 41.5 Å². The first-order chi connectivity index (χ1) is 6.77. The third-order valence-corrected chi connectivity index (χ3v) is 2.82. The molecule has 3 heteroatoms. The topological polar surface area (TPSA) is 46.2 Å². The van der Waals surface area contributed by atoms with Gasteiger partial charge in [-0.3, -0.25) is 9.59 Å². The normalized spacial score (nSPS) is 15.2. The minimum atomic E-state index is -0.348. The number of ketones is 1. The van der Waals surface area contributed by atoms with E-state index in [9.17, 15) is 9.59 Å². The molecule has 0 radical (unpaired) electrons. The van der Waals surface area contributed by atoms with Gasteiger partial charge >= 0.3 is 0 Å². The van der Waals surface area contributed by atoms with Crippen molar-refractivity contribution < 1.29 is 9.59 Å². The third-order valence-electron chi connectivity index (χ3n) is 2.82. The van der Waals surface area contributed by atoms with E-state index in [-0.39, 0.29) is 29.6 Å². The summed E-state index contributed by atoms with van der Waals surface area (Å²) in [7, 11) is 0. The van der Waals surface area contributed by atoms with Crippen LogP contribution >= 0.6 is 0 Å². The molecule has 2 atom stereocenters. The fraction of sp³-hybridized carbons (Fsp3) is 0.833. The number of carbonyl (C=O) groups excluding carboxylic acids is 2. The van der Waals surface area contributed by atoms with Crippen molar-refractivity contribution >= 4 is 11.7 Å². The Morgan fingerprint density at radius 2 is 1.40 bits per heavy atom. The Morgan fingerprint density at radius 1 is 0.933 bits per heavy atom. The van der Waals surface area contributed by atoms with Gasteiger partial charge in [-0.25, -0.2) is 0 Å². The predicted molar refractivity (Wildman–Crippen MR) is 61.5 cm³/mol. The monoisotopic (exact) mass is 213 g/mol. The second-order valence-electron chi connectivity index (χ2n) is 4.87. The number of amides is 1. The molecule has 0 bridgehead atoms. The largest absolute Gasteiger partial charge is 0.346 e. The first kappa shape index (κ1) is 14.1. The highest BCUT2D eigenvalue weighted by atomic mass is 16.2. The van der Waals surface area contributed by atoms with Gasteiger partial charge in [0.05, 0.1) is 6.04 Å². The van der Waals surface area contributed by atoms with E-state index >= 15 is 0 Å². The number of hydrogen-bond donors (Lipinski definition) is 1. The summed E-state index contributed by atoms with van der Waals surface area (Å²) in [4.78, 5) is 23.0. The van der Waals surface area contributed by atoms with Crippen LogP contribution in [0, 0.1) is 17.8 Å². The molecule has 15 heavy (non-hydrogen) atoms. The van der Waals surface area contributed by atoms with Gasteiger partial charge in [-0.1, -0.05) is 34.6 Å². The van der Waals surface area contributed by atoms with Gasteiger partial charge in [-0.15, -0.1) is 0 Å². The Bertz CT molecular complexity index is 234. The van der Waals surface area contributed by atoms with Crippen molar-refractivity contribution in [2.24, 2.45) is 17.8 Å². The van der Waals surface area contributed by atoms with E-state index in [0.717, 1.165) is 0 Å². The highest BCUT2D eigenvalue weighted by Crippen LogP contribution is 2.11. The van der Waals surface area contributed by atoms with E-state index in [1.807, 2.05) is 34.6 Å². The molecule has 0 aliphatic rings. The molecule has 0 saturated carbocycles. The lowest BCUT2D eigenvalue weighted by Crippen LogP contribution is -2.46. The van der Waals surface area contributed by atoms with Gasteiger partial charge in [0.2, 0.25) is 5.91 Å². The predicted octanol–water partition coefficient (Wildman–Crippen LogP) is 2.01. The molecule has 0 saturated heterocycles. The molecule has 0 aromatic rings. The molecule has 0 heterocycles. The molecule has 88 valence electrons. The van der Waals surface area contributed by atoms with Gasteiger partial charge in [-0.2, -0.15) is 0 Å². The van der Waals surface area contributed by atoms with Crippen LogP contribution in [0.15, 0.2) is 0 Å². The standard InChI is InChI=1S/C12H23NO2/c1-7(2)9(5)12(15)13-11(8(3)4)10(6)14/h7-9,11H,1-6H3,(H,13,15). The van der Waals surface area contributed by atoms with Crippen molar-refractivity contribution in [3.05, 3.63) is 0 Å². The average Bonchev–Trinajstić information content (AvgIpc) is 2.11. The molecule has 1 amide bonds. The van der Waals surface area contributed by atoms with Gasteiger partial charge in [0.15, 0.2) is 5.78 Å². The van der Waals surface area contributed by atoms with E-state index in [4.69, 9.17) is 0 Å². The van der Waals surface area contributed by atoms with Crippen molar-refractivity contribution in [3.63, 3.8) is 0 Å². The molecule has 0 aliphatic heterocycles. The Kier molecular flexibility index (Phi) is 5.55. The summed E-state index contributed by atoms with van der Waals surface area (Å²) in [6.45, 7) is 11.3. The summed E-state index contributed by atoms with van der Waals surface area (Å²) in [6, 6.07) is -0.348. The van der Waals surface area contributed by atoms with Crippen LogP contribution in [0.5, 0.6) is 0 Å². The van der Waals surface area contributed by atoms with Crippen LogP contribution < -0.4 is 5.32 Å². The summed E-state index contributed by atoms with van der Waals surface area (Å²) in [5, 5.41) is 2.81. The fourth-order valence-corrected chi connectivity index (χ4v) is 1.33. The zero-order valence-electron chi connectivity index (χ0n) is 10.6. The van der Waals surface area contributed by atoms with Crippen LogP contribution in [0.2, 0.25) is 0 Å². The Hall–Kier alpha value is -0.860. The SMILES string of the molecule is CC(=O)C(NC(=O)C(C)C(C)C)C(C)C. The third kappa shape index (κ3) is 4.45. The Labute approximate surface area is 92.6 Å². The van der Waals surface area contributed by atoms with Crippen LogP contribution in [-0.4, -0.2) is 17.7 Å².